The Morgan fingerprint density at radius 2 is 1.96 bits per heavy atom. The Hall–Kier alpha value is -2.67. The SMILES string of the molecule is C[C@@H](Sc1nc2ccccc2o1)C(=O)Nc1ccc2c(c1)OCCO2. The average Bonchev–Trinajstić information content (AvgIpc) is 3.03. The van der Waals surface area contributed by atoms with Gasteiger partial charge in [0.1, 0.15) is 18.7 Å². The van der Waals surface area contributed by atoms with Crippen LogP contribution in [0.2, 0.25) is 0 Å². The lowest BCUT2D eigenvalue weighted by atomic mass is 10.2. The van der Waals surface area contributed by atoms with Crippen molar-refractivity contribution in [2.24, 2.45) is 0 Å². The van der Waals surface area contributed by atoms with Crippen LogP contribution in [0.3, 0.4) is 0 Å². The minimum atomic E-state index is -0.360. The Balaban J connectivity index is 1.43. The van der Waals surface area contributed by atoms with Crippen molar-refractivity contribution < 1.29 is 18.7 Å². The van der Waals surface area contributed by atoms with Gasteiger partial charge in [-0.15, -0.1) is 0 Å². The Bertz CT molecular complexity index is 891. The lowest BCUT2D eigenvalue weighted by Gasteiger charge is -2.19. The van der Waals surface area contributed by atoms with E-state index in [1.54, 1.807) is 18.2 Å². The maximum Gasteiger partial charge on any atom is 0.257 e. The summed E-state index contributed by atoms with van der Waals surface area (Å²) < 4.78 is 16.7. The van der Waals surface area contributed by atoms with Crippen molar-refractivity contribution in [1.29, 1.82) is 0 Å². The first-order valence-corrected chi connectivity index (χ1v) is 8.80. The minimum Gasteiger partial charge on any atom is -0.486 e. The van der Waals surface area contributed by atoms with Crippen LogP contribution in [0.25, 0.3) is 11.1 Å². The van der Waals surface area contributed by atoms with Gasteiger partial charge in [-0.2, -0.15) is 0 Å². The Labute approximate surface area is 148 Å². The van der Waals surface area contributed by atoms with Crippen molar-refractivity contribution >= 4 is 34.5 Å². The van der Waals surface area contributed by atoms with Gasteiger partial charge in [0.05, 0.1) is 5.25 Å². The first-order chi connectivity index (χ1) is 12.2. The summed E-state index contributed by atoms with van der Waals surface area (Å²) in [6.45, 7) is 2.86. The summed E-state index contributed by atoms with van der Waals surface area (Å²) in [7, 11) is 0. The van der Waals surface area contributed by atoms with E-state index in [9.17, 15) is 4.79 Å². The molecule has 1 aromatic heterocycles. The summed E-state index contributed by atoms with van der Waals surface area (Å²) in [6.07, 6.45) is 0. The van der Waals surface area contributed by atoms with Crippen LogP contribution in [-0.2, 0) is 4.79 Å². The molecule has 0 unspecified atom stereocenters. The van der Waals surface area contributed by atoms with E-state index < -0.39 is 0 Å². The van der Waals surface area contributed by atoms with Crippen LogP contribution in [0.4, 0.5) is 5.69 Å². The first-order valence-electron chi connectivity index (χ1n) is 7.92. The normalized spacial score (nSPS) is 14.3. The van der Waals surface area contributed by atoms with Crippen molar-refractivity contribution in [1.82, 2.24) is 4.98 Å². The van der Waals surface area contributed by atoms with Gasteiger partial charge in [0.25, 0.3) is 5.22 Å². The highest BCUT2D eigenvalue weighted by atomic mass is 32.2. The smallest absolute Gasteiger partial charge is 0.257 e. The molecule has 0 radical (unpaired) electrons. The van der Waals surface area contributed by atoms with Crippen molar-refractivity contribution in [3.8, 4) is 11.5 Å². The molecular weight excluding hydrogens is 340 g/mol. The van der Waals surface area contributed by atoms with Gasteiger partial charge in [-0.05, 0) is 31.2 Å². The van der Waals surface area contributed by atoms with Gasteiger partial charge in [-0.3, -0.25) is 4.79 Å². The molecule has 0 bridgehead atoms. The second kappa shape index (κ2) is 6.68. The summed E-state index contributed by atoms with van der Waals surface area (Å²) >= 11 is 1.28. The number of hydrogen-bond acceptors (Lipinski definition) is 6. The van der Waals surface area contributed by atoms with E-state index in [-0.39, 0.29) is 11.2 Å². The molecule has 1 amide bonds. The number of rotatable bonds is 4. The van der Waals surface area contributed by atoms with Crippen LogP contribution in [0.15, 0.2) is 52.1 Å². The standard InChI is InChI=1S/C18H16N2O4S/c1-11(25-18-20-13-4-2-3-5-14(13)24-18)17(21)19-12-6-7-15-16(10-12)23-9-8-22-15/h2-7,10-11H,8-9H2,1H3,(H,19,21)/t11-/m1/s1. The maximum absolute atomic E-state index is 12.4. The summed E-state index contributed by atoms with van der Waals surface area (Å²) in [6, 6.07) is 12.9. The third-order valence-electron chi connectivity index (χ3n) is 3.73. The monoisotopic (exact) mass is 356 g/mol. The lowest BCUT2D eigenvalue weighted by molar-refractivity contribution is -0.115. The highest BCUT2D eigenvalue weighted by Gasteiger charge is 2.19. The molecule has 0 saturated heterocycles. The van der Waals surface area contributed by atoms with Crippen molar-refractivity contribution in [2.75, 3.05) is 18.5 Å². The molecule has 4 rings (SSSR count). The number of anilines is 1. The number of nitrogens with zero attached hydrogens (tertiary/aromatic N) is 1. The molecule has 1 aliphatic heterocycles. The molecule has 0 fully saturated rings. The predicted molar refractivity (Wildman–Crippen MR) is 95.4 cm³/mol. The second-order valence-corrected chi connectivity index (χ2v) is 6.85. The van der Waals surface area contributed by atoms with Crippen molar-refractivity contribution in [3.63, 3.8) is 0 Å². The van der Waals surface area contributed by atoms with Crippen LogP contribution in [0.5, 0.6) is 11.5 Å². The summed E-state index contributed by atoms with van der Waals surface area (Å²) in [5.74, 6) is 1.20. The van der Waals surface area contributed by atoms with E-state index in [0.29, 0.717) is 41.2 Å². The van der Waals surface area contributed by atoms with Crippen LogP contribution in [0, 0.1) is 0 Å². The summed E-state index contributed by atoms with van der Waals surface area (Å²) in [4.78, 5) is 16.8. The molecule has 0 aliphatic carbocycles. The maximum atomic E-state index is 12.4. The number of carbonyl (C=O) groups excluding carboxylic acids is 1. The Kier molecular flexibility index (Phi) is 4.23. The van der Waals surface area contributed by atoms with Crippen molar-refractivity contribution in [3.05, 3.63) is 42.5 Å². The fourth-order valence-corrected chi connectivity index (χ4v) is 3.23. The molecule has 7 heteroatoms. The van der Waals surface area contributed by atoms with Gasteiger partial charge in [0.15, 0.2) is 17.1 Å². The van der Waals surface area contributed by atoms with E-state index in [4.69, 9.17) is 13.9 Å². The molecule has 1 aliphatic rings. The van der Waals surface area contributed by atoms with Gasteiger partial charge in [0, 0.05) is 11.8 Å². The molecule has 1 atom stereocenters. The number of thioether (sulfide) groups is 1. The number of hydrogen-bond donors (Lipinski definition) is 1. The molecule has 2 aromatic carbocycles. The van der Waals surface area contributed by atoms with Crippen LogP contribution < -0.4 is 14.8 Å². The van der Waals surface area contributed by atoms with Crippen LogP contribution >= 0.6 is 11.8 Å². The summed E-state index contributed by atoms with van der Waals surface area (Å²) in [5.41, 5.74) is 2.16. The molecule has 6 nitrogen and oxygen atoms in total. The zero-order valence-electron chi connectivity index (χ0n) is 13.5. The topological polar surface area (TPSA) is 73.6 Å². The number of para-hydroxylation sites is 2. The van der Waals surface area contributed by atoms with E-state index in [0.717, 1.165) is 5.52 Å². The zero-order chi connectivity index (χ0) is 17.2. The van der Waals surface area contributed by atoms with Gasteiger partial charge in [-0.1, -0.05) is 23.9 Å². The van der Waals surface area contributed by atoms with Gasteiger partial charge < -0.3 is 19.2 Å². The third kappa shape index (κ3) is 3.41. The number of aromatic nitrogens is 1. The highest BCUT2D eigenvalue weighted by Crippen LogP contribution is 2.33. The Morgan fingerprint density at radius 3 is 2.80 bits per heavy atom. The largest absolute Gasteiger partial charge is 0.486 e. The van der Waals surface area contributed by atoms with Gasteiger partial charge >= 0.3 is 0 Å². The third-order valence-corrected chi connectivity index (χ3v) is 4.67. The molecule has 25 heavy (non-hydrogen) atoms. The second-order valence-electron chi connectivity index (χ2n) is 5.56. The number of fused-ring (bicyclic) bond motifs is 2. The predicted octanol–water partition coefficient (Wildman–Crippen LogP) is 3.72. The van der Waals surface area contributed by atoms with E-state index >= 15 is 0 Å². The molecule has 2 heterocycles. The van der Waals surface area contributed by atoms with Gasteiger partial charge in [0.2, 0.25) is 5.91 Å². The highest BCUT2D eigenvalue weighted by molar-refractivity contribution is 8.00. The average molecular weight is 356 g/mol. The number of carbonyl (C=O) groups is 1. The fourth-order valence-electron chi connectivity index (χ4n) is 2.47. The minimum absolute atomic E-state index is 0.135. The zero-order valence-corrected chi connectivity index (χ0v) is 14.3. The van der Waals surface area contributed by atoms with E-state index in [1.165, 1.54) is 11.8 Å². The van der Waals surface area contributed by atoms with E-state index in [1.807, 2.05) is 31.2 Å². The Morgan fingerprint density at radius 1 is 1.16 bits per heavy atom. The van der Waals surface area contributed by atoms with Crippen molar-refractivity contribution in [2.45, 2.75) is 17.4 Å². The number of ether oxygens (including phenoxy) is 2. The lowest BCUT2D eigenvalue weighted by Crippen LogP contribution is -2.22. The molecule has 0 spiro atoms. The van der Waals surface area contributed by atoms with Crippen LogP contribution in [-0.4, -0.2) is 29.4 Å². The number of nitrogens with one attached hydrogen (secondary N) is 1. The number of benzene rings is 2. The quantitative estimate of drug-likeness (QED) is 0.718. The summed E-state index contributed by atoms with van der Waals surface area (Å²) in [5, 5.41) is 3.00. The molecule has 0 saturated carbocycles. The molecular formula is C18H16N2O4S. The van der Waals surface area contributed by atoms with E-state index in [2.05, 4.69) is 10.3 Å². The molecule has 1 N–H and O–H groups in total. The van der Waals surface area contributed by atoms with Crippen LogP contribution in [0.1, 0.15) is 6.92 Å². The number of oxazole rings is 1. The van der Waals surface area contributed by atoms with Gasteiger partial charge in [-0.25, -0.2) is 4.98 Å². The number of amides is 1. The molecule has 128 valence electrons. The molecule has 3 aromatic rings. The fraction of sp³-hybridized carbons (Fsp3) is 0.222. The first kappa shape index (κ1) is 15.8.